The molecule has 0 bridgehead atoms. The van der Waals surface area contributed by atoms with E-state index in [1.54, 1.807) is 0 Å². The van der Waals surface area contributed by atoms with Gasteiger partial charge >= 0.3 is 11.9 Å². The summed E-state index contributed by atoms with van der Waals surface area (Å²) in [6.07, 6.45) is 9.30. The first-order chi connectivity index (χ1) is 12.6. The van der Waals surface area contributed by atoms with Crippen molar-refractivity contribution in [2.75, 3.05) is 13.2 Å². The molecule has 0 fully saturated rings. The maximum atomic E-state index is 11.8. The van der Waals surface area contributed by atoms with Crippen LogP contribution in [0.1, 0.15) is 91.9 Å². The predicted octanol–water partition coefficient (Wildman–Crippen LogP) is 5.94. The van der Waals surface area contributed by atoms with Gasteiger partial charge in [0.15, 0.2) is 0 Å². The van der Waals surface area contributed by atoms with Crippen molar-refractivity contribution in [3.8, 4) is 0 Å². The first-order valence-electron chi connectivity index (χ1n) is 10.6. The maximum Gasteiger partial charge on any atom is 0.305 e. The highest BCUT2D eigenvalue weighted by molar-refractivity contribution is 5.69. The molecule has 0 amide bonds. The molecule has 0 aromatic heterocycles. The van der Waals surface area contributed by atoms with Crippen LogP contribution in [0.25, 0.3) is 0 Å². The minimum absolute atomic E-state index is 0.0689. The fourth-order valence-electron chi connectivity index (χ4n) is 2.65. The van der Waals surface area contributed by atoms with Crippen LogP contribution < -0.4 is 0 Å². The van der Waals surface area contributed by atoms with Crippen molar-refractivity contribution in [1.82, 2.24) is 0 Å². The Balaban J connectivity index is 3.76. The molecule has 0 saturated heterocycles. The summed E-state index contributed by atoms with van der Waals surface area (Å²) in [7, 11) is 0. The molecule has 0 saturated carbocycles. The van der Waals surface area contributed by atoms with Crippen LogP contribution in [-0.2, 0) is 19.1 Å². The Kier molecular flexibility index (Phi) is 14.3. The van der Waals surface area contributed by atoms with E-state index in [2.05, 4.69) is 41.5 Å². The van der Waals surface area contributed by atoms with Gasteiger partial charge in [-0.1, -0.05) is 66.2 Å². The Labute approximate surface area is 167 Å². The quantitative estimate of drug-likeness (QED) is 0.245. The highest BCUT2D eigenvalue weighted by Gasteiger charge is 2.23. The molecule has 0 aliphatic rings. The second-order valence-corrected chi connectivity index (χ2v) is 8.81. The average Bonchev–Trinajstić information content (AvgIpc) is 2.57. The van der Waals surface area contributed by atoms with Gasteiger partial charge in [0.1, 0.15) is 13.2 Å². The zero-order chi connectivity index (χ0) is 20.7. The lowest BCUT2D eigenvalue weighted by atomic mass is 9.96. The van der Waals surface area contributed by atoms with Crippen molar-refractivity contribution < 1.29 is 19.1 Å². The average molecular weight is 383 g/mol. The van der Waals surface area contributed by atoms with Crippen molar-refractivity contribution in [3.63, 3.8) is 0 Å². The molecule has 0 spiro atoms. The van der Waals surface area contributed by atoms with Crippen LogP contribution in [0, 0.1) is 31.1 Å². The molecule has 0 aromatic rings. The molecule has 27 heavy (non-hydrogen) atoms. The second-order valence-electron chi connectivity index (χ2n) is 8.81. The van der Waals surface area contributed by atoms with E-state index >= 15 is 0 Å². The van der Waals surface area contributed by atoms with Gasteiger partial charge in [0.05, 0.1) is 0 Å². The summed E-state index contributed by atoms with van der Waals surface area (Å²) < 4.78 is 10.5. The number of ether oxygens (including phenoxy) is 2. The van der Waals surface area contributed by atoms with Crippen LogP contribution in [0.4, 0.5) is 0 Å². The van der Waals surface area contributed by atoms with Crippen LogP contribution in [-0.4, -0.2) is 25.2 Å². The van der Waals surface area contributed by atoms with E-state index in [9.17, 15) is 9.59 Å². The fraction of sp³-hybridized carbons (Fsp3) is 0.826. The van der Waals surface area contributed by atoms with Gasteiger partial charge in [0.25, 0.3) is 0 Å². The number of unbranched alkanes of at least 4 members (excludes halogenated alkanes) is 4. The highest BCUT2D eigenvalue weighted by Crippen LogP contribution is 2.17. The Morgan fingerprint density at radius 1 is 0.704 bits per heavy atom. The minimum Gasteiger partial charge on any atom is -0.465 e. The van der Waals surface area contributed by atoms with Crippen molar-refractivity contribution in [1.29, 1.82) is 0 Å². The number of hydrogen-bond donors (Lipinski definition) is 0. The summed E-state index contributed by atoms with van der Waals surface area (Å²) in [4.78, 5) is 23.6. The van der Waals surface area contributed by atoms with Gasteiger partial charge in [0, 0.05) is 18.3 Å². The molecule has 0 aromatic carbocycles. The molecule has 0 unspecified atom stereocenters. The Morgan fingerprint density at radius 2 is 1.07 bits per heavy atom. The largest absolute Gasteiger partial charge is 0.465 e. The predicted molar refractivity (Wildman–Crippen MR) is 111 cm³/mol. The molecule has 4 heteroatoms. The van der Waals surface area contributed by atoms with Gasteiger partial charge in [-0.15, -0.1) is 0 Å². The smallest absolute Gasteiger partial charge is 0.305 e. The topological polar surface area (TPSA) is 52.6 Å². The van der Waals surface area contributed by atoms with Crippen molar-refractivity contribution >= 4 is 11.9 Å². The molecule has 0 aliphatic heterocycles. The molecule has 158 valence electrons. The minimum atomic E-state index is -0.847. The summed E-state index contributed by atoms with van der Waals surface area (Å²) >= 11 is 0. The zero-order valence-corrected chi connectivity index (χ0v) is 18.2. The molecular weight excluding hydrogens is 340 g/mol. The lowest BCUT2D eigenvalue weighted by molar-refractivity contribution is -0.150. The van der Waals surface area contributed by atoms with Crippen LogP contribution >= 0.6 is 0 Å². The van der Waals surface area contributed by atoms with E-state index in [0.29, 0.717) is 24.7 Å². The Morgan fingerprint density at radius 3 is 1.41 bits per heavy atom. The van der Waals surface area contributed by atoms with Gasteiger partial charge < -0.3 is 9.47 Å². The number of rotatable bonds is 16. The van der Waals surface area contributed by atoms with Gasteiger partial charge in [-0.05, 0) is 38.5 Å². The third kappa shape index (κ3) is 18.1. The number of carbonyl (C=O) groups excluding carboxylic acids is 2. The lowest BCUT2D eigenvalue weighted by Crippen LogP contribution is -2.29. The molecular formula is C23H42O4. The number of hydrogen-bond acceptors (Lipinski definition) is 4. The van der Waals surface area contributed by atoms with Crippen LogP contribution in [0.5, 0.6) is 0 Å². The summed E-state index contributed by atoms with van der Waals surface area (Å²) in [5, 5.41) is 0. The summed E-state index contributed by atoms with van der Waals surface area (Å²) in [5.41, 5.74) is -0.847. The van der Waals surface area contributed by atoms with Crippen molar-refractivity contribution in [2.24, 2.45) is 17.3 Å². The van der Waals surface area contributed by atoms with Gasteiger partial charge in [-0.25, -0.2) is 0 Å². The fourth-order valence-corrected chi connectivity index (χ4v) is 2.65. The van der Waals surface area contributed by atoms with E-state index in [1.807, 2.05) is 0 Å². The summed E-state index contributed by atoms with van der Waals surface area (Å²) in [5.74, 6) is 0.954. The number of esters is 2. The third-order valence-corrected chi connectivity index (χ3v) is 4.40. The molecule has 0 atom stereocenters. The van der Waals surface area contributed by atoms with Crippen molar-refractivity contribution in [3.05, 3.63) is 13.8 Å². The normalized spacial score (nSPS) is 11.9. The number of carbonyl (C=O) groups is 2. The van der Waals surface area contributed by atoms with E-state index in [-0.39, 0.29) is 25.2 Å². The molecule has 0 rings (SSSR count). The van der Waals surface area contributed by atoms with Gasteiger partial charge in [-0.3, -0.25) is 9.59 Å². The lowest BCUT2D eigenvalue weighted by Gasteiger charge is -2.23. The van der Waals surface area contributed by atoms with Crippen LogP contribution in [0.2, 0.25) is 0 Å². The first-order valence-corrected chi connectivity index (χ1v) is 10.6. The third-order valence-electron chi connectivity index (χ3n) is 4.40. The van der Waals surface area contributed by atoms with Gasteiger partial charge in [0.2, 0.25) is 0 Å². The maximum absolute atomic E-state index is 11.8. The molecule has 0 heterocycles. The monoisotopic (exact) mass is 382 g/mol. The first kappa shape index (κ1) is 25.9. The standard InChI is InChI=1S/C23H42O4/c1-19(2)13-9-7-11-15-21(24)26-17-23(5,6)18-27-22(25)16-12-8-10-14-20(3)4/h19-20H,5-18H2,1-4H3. The highest BCUT2D eigenvalue weighted by atomic mass is 16.5. The van der Waals surface area contributed by atoms with Crippen LogP contribution in [0.15, 0.2) is 0 Å². The Bertz CT molecular complexity index is 363. The summed E-state index contributed by atoms with van der Waals surface area (Å²) in [6.45, 7) is 16.8. The second kappa shape index (κ2) is 14.9. The van der Waals surface area contributed by atoms with E-state index in [1.165, 1.54) is 12.8 Å². The molecule has 0 N–H and O–H groups in total. The molecule has 0 aliphatic carbocycles. The van der Waals surface area contributed by atoms with Gasteiger partial charge in [-0.2, -0.15) is 0 Å². The van der Waals surface area contributed by atoms with Crippen LogP contribution in [0.3, 0.4) is 0 Å². The molecule has 2 radical (unpaired) electrons. The van der Waals surface area contributed by atoms with E-state index in [0.717, 1.165) is 38.5 Å². The van der Waals surface area contributed by atoms with E-state index < -0.39 is 5.41 Å². The Hall–Kier alpha value is -1.06. The summed E-state index contributed by atoms with van der Waals surface area (Å²) in [6, 6.07) is 0. The zero-order valence-electron chi connectivity index (χ0n) is 18.2. The molecule has 4 nitrogen and oxygen atoms in total. The van der Waals surface area contributed by atoms with Crippen molar-refractivity contribution in [2.45, 2.75) is 91.9 Å². The van der Waals surface area contributed by atoms with E-state index in [4.69, 9.17) is 9.47 Å². The SMILES string of the molecule is [CH2]C([CH2])(COC(=O)CCCCCC(C)C)COC(=O)CCCCCC(C)C.